The van der Waals surface area contributed by atoms with Gasteiger partial charge in [-0.15, -0.1) is 0 Å². The molecule has 2 saturated heterocycles. The highest BCUT2D eigenvalue weighted by Gasteiger charge is 2.76. The number of aliphatic hydroxyl groups excluding tert-OH is 1. The molecule has 6 aromatic rings. The first kappa shape index (κ1) is 42.4. The molecule has 4 heterocycles. The summed E-state index contributed by atoms with van der Waals surface area (Å²) in [5, 5.41) is 16.0. The third-order valence-corrected chi connectivity index (χ3v) is 13.3. The zero-order chi connectivity index (χ0) is 44.7. The van der Waals surface area contributed by atoms with Gasteiger partial charge in [-0.25, -0.2) is 19.5 Å². The Labute approximate surface area is 372 Å². The number of thiazole rings is 1. The number of ether oxygens (including phenoxy) is 3. The second kappa shape index (κ2) is 17.3. The van der Waals surface area contributed by atoms with Gasteiger partial charge < -0.3 is 30.0 Å². The molecule has 15 heteroatoms. The molecule has 0 aliphatic carbocycles. The molecule has 1 spiro atoms. The Morgan fingerprint density at radius 2 is 1.50 bits per heavy atom. The number of amides is 4. The summed E-state index contributed by atoms with van der Waals surface area (Å²) in [6.07, 6.45) is -0.943. The molecule has 0 radical (unpaired) electrons. The lowest BCUT2D eigenvalue weighted by atomic mass is 9.65. The van der Waals surface area contributed by atoms with Crippen LogP contribution in [-0.2, 0) is 34.1 Å². The molecule has 4 amide bonds. The number of methoxy groups -OCH3 is 1. The minimum atomic E-state index is -2.08. The average molecular weight is 880 g/mol. The van der Waals surface area contributed by atoms with Gasteiger partial charge in [-0.2, -0.15) is 0 Å². The van der Waals surface area contributed by atoms with E-state index in [1.807, 2.05) is 89.8 Å². The second-order valence-electron chi connectivity index (χ2n) is 16.2. The maximum atomic E-state index is 16.4. The number of rotatable bonds is 11. The van der Waals surface area contributed by atoms with E-state index in [0.717, 1.165) is 15.2 Å². The van der Waals surface area contributed by atoms with Crippen LogP contribution in [0.4, 0.5) is 15.6 Å². The van der Waals surface area contributed by atoms with Crippen LogP contribution in [0.25, 0.3) is 10.2 Å². The number of imide groups is 1. The summed E-state index contributed by atoms with van der Waals surface area (Å²) >= 11 is 1.24. The summed E-state index contributed by atoms with van der Waals surface area (Å²) in [6.45, 7) is 3.03. The van der Waals surface area contributed by atoms with Gasteiger partial charge in [0.05, 0.1) is 47.6 Å². The molecule has 64 heavy (non-hydrogen) atoms. The summed E-state index contributed by atoms with van der Waals surface area (Å²) < 4.78 is 18.6. The number of nitrogens with one attached hydrogen (secondary N) is 2. The average Bonchev–Trinajstić information content (AvgIpc) is 3.95. The van der Waals surface area contributed by atoms with Gasteiger partial charge in [0.25, 0.3) is 0 Å². The van der Waals surface area contributed by atoms with Gasteiger partial charge in [0.15, 0.2) is 5.13 Å². The van der Waals surface area contributed by atoms with Gasteiger partial charge in [-0.3, -0.25) is 19.3 Å². The number of cyclic esters (lactones) is 1. The predicted molar refractivity (Wildman–Crippen MR) is 238 cm³/mol. The molecule has 0 unspecified atom stereocenters. The van der Waals surface area contributed by atoms with E-state index in [1.54, 1.807) is 62.4 Å². The van der Waals surface area contributed by atoms with Gasteiger partial charge in [0, 0.05) is 5.56 Å². The Morgan fingerprint density at radius 3 is 2.20 bits per heavy atom. The van der Waals surface area contributed by atoms with Crippen LogP contribution in [0.15, 0.2) is 133 Å². The predicted octanol–water partition coefficient (Wildman–Crippen LogP) is 6.88. The first-order valence-electron chi connectivity index (χ1n) is 21.0. The third-order valence-electron chi connectivity index (χ3n) is 12.3. The standard InChI is InChI=1S/C49H45N5O9S/c1-28(2)38(44(57)61-3)51-48(60)53-34-23-13-11-21-32(34)49(46(53)59)37(43(56)52-47-50-33-22-12-15-25-36(33)64-47)40-45(58)63-41(30-18-8-5-9-19-30)39(29-16-6-4-7-17-29)54(40)42(49)31-20-10-14-24-35(31)62-27-26-55/h4-25,28,37-42,55H,26-27H2,1-3H3,(H,51,60)(H,50,52,56)/t37-,38-,39-,40-,41+,42+,49-/m0/s1. The molecule has 5 aromatic carbocycles. The number of urea groups is 1. The van der Waals surface area contributed by atoms with Crippen molar-refractivity contribution in [2.45, 2.75) is 49.5 Å². The molecule has 0 bridgehead atoms. The number of nitrogens with zero attached hydrogens (tertiary/aromatic N) is 3. The molecular formula is C49H45N5O9S. The highest BCUT2D eigenvalue weighted by atomic mass is 32.1. The van der Waals surface area contributed by atoms with E-state index in [-0.39, 0.29) is 35.3 Å². The van der Waals surface area contributed by atoms with E-state index < -0.39 is 77.3 Å². The van der Waals surface area contributed by atoms with Crippen LogP contribution >= 0.6 is 11.3 Å². The largest absolute Gasteiger partial charge is 0.491 e. The SMILES string of the molecule is COC(=O)[C@@H](NC(=O)N1C(=O)[C@@]2(c3ccccc31)[C@H](C(=O)Nc1nc3ccccc3s1)[C@H]1C(=O)O[C@H](c3ccccc3)[C@H](c3ccccc3)N1[C@@H]2c1ccccc1OCCO)C(C)C. The van der Waals surface area contributed by atoms with Crippen LogP contribution in [-0.4, -0.2) is 77.2 Å². The third kappa shape index (κ3) is 6.96. The lowest BCUT2D eigenvalue weighted by Gasteiger charge is -2.46. The summed E-state index contributed by atoms with van der Waals surface area (Å²) in [4.78, 5) is 82.9. The summed E-state index contributed by atoms with van der Waals surface area (Å²) in [5.41, 5.74) is 0.809. The quantitative estimate of drug-likeness (QED) is 0.116. The smallest absolute Gasteiger partial charge is 0.329 e. The molecule has 14 nitrogen and oxygen atoms in total. The molecule has 3 aliphatic heterocycles. The van der Waals surface area contributed by atoms with Gasteiger partial charge in [-0.1, -0.05) is 134 Å². The zero-order valence-corrected chi connectivity index (χ0v) is 35.9. The van der Waals surface area contributed by atoms with Crippen molar-refractivity contribution in [2.75, 3.05) is 30.5 Å². The molecule has 3 aliphatic rings. The Hall–Kier alpha value is -6.94. The van der Waals surface area contributed by atoms with Crippen LogP contribution < -0.4 is 20.3 Å². The molecule has 326 valence electrons. The van der Waals surface area contributed by atoms with Gasteiger partial charge in [-0.05, 0) is 46.9 Å². The van der Waals surface area contributed by atoms with E-state index in [2.05, 4.69) is 10.6 Å². The number of morpholine rings is 1. The van der Waals surface area contributed by atoms with Crippen molar-refractivity contribution in [1.29, 1.82) is 0 Å². The molecule has 0 saturated carbocycles. The fourth-order valence-corrected chi connectivity index (χ4v) is 10.6. The monoisotopic (exact) mass is 879 g/mol. The number of esters is 2. The van der Waals surface area contributed by atoms with Gasteiger partial charge >= 0.3 is 18.0 Å². The van der Waals surface area contributed by atoms with Gasteiger partial charge in [0.2, 0.25) is 11.8 Å². The van der Waals surface area contributed by atoms with E-state index >= 15 is 14.4 Å². The van der Waals surface area contributed by atoms with Crippen LogP contribution in [0, 0.1) is 11.8 Å². The molecule has 7 atom stereocenters. The Balaban J connectivity index is 1.34. The minimum absolute atomic E-state index is 0.109. The van der Waals surface area contributed by atoms with Crippen LogP contribution in [0.5, 0.6) is 5.75 Å². The number of para-hydroxylation sites is 3. The zero-order valence-electron chi connectivity index (χ0n) is 35.1. The van der Waals surface area contributed by atoms with Crippen LogP contribution in [0.2, 0.25) is 0 Å². The molecule has 2 fully saturated rings. The number of hydrogen-bond acceptors (Lipinski definition) is 12. The first-order chi connectivity index (χ1) is 31.1. The number of benzene rings is 5. The van der Waals surface area contributed by atoms with E-state index in [9.17, 15) is 14.7 Å². The van der Waals surface area contributed by atoms with Crippen molar-refractivity contribution in [2.24, 2.45) is 11.8 Å². The minimum Gasteiger partial charge on any atom is -0.491 e. The number of anilines is 2. The topological polar surface area (TPSA) is 177 Å². The summed E-state index contributed by atoms with van der Waals surface area (Å²) in [7, 11) is 1.21. The van der Waals surface area contributed by atoms with Crippen molar-refractivity contribution in [3.63, 3.8) is 0 Å². The number of hydrogen-bond donors (Lipinski definition) is 3. The fraction of sp³-hybridized carbons (Fsp3) is 0.265. The van der Waals surface area contributed by atoms with Crippen LogP contribution in [0.3, 0.4) is 0 Å². The Morgan fingerprint density at radius 1 is 0.844 bits per heavy atom. The highest BCUT2D eigenvalue weighted by molar-refractivity contribution is 7.22. The van der Waals surface area contributed by atoms with E-state index in [0.29, 0.717) is 16.6 Å². The van der Waals surface area contributed by atoms with Gasteiger partial charge in [0.1, 0.15) is 36.0 Å². The van der Waals surface area contributed by atoms with Crippen molar-refractivity contribution >= 4 is 62.2 Å². The number of carbonyl (C=O) groups is 5. The Bertz CT molecular complexity index is 2720. The van der Waals surface area contributed by atoms with E-state index in [4.69, 9.17) is 19.2 Å². The second-order valence-corrected chi connectivity index (χ2v) is 17.2. The molecule has 9 rings (SSSR count). The molecule has 1 aromatic heterocycles. The number of aromatic nitrogens is 1. The first-order valence-corrected chi connectivity index (χ1v) is 21.8. The molecule has 3 N–H and O–H groups in total. The maximum absolute atomic E-state index is 16.4. The summed E-state index contributed by atoms with van der Waals surface area (Å²) in [5.74, 6) is -4.75. The van der Waals surface area contributed by atoms with Crippen molar-refractivity contribution in [1.82, 2.24) is 15.2 Å². The van der Waals surface area contributed by atoms with Crippen molar-refractivity contribution in [3.8, 4) is 5.75 Å². The van der Waals surface area contributed by atoms with Crippen molar-refractivity contribution in [3.05, 3.63) is 156 Å². The normalized spacial score (nSPS) is 23.1. The Kier molecular flexibility index (Phi) is 11.5. The lowest BCUT2D eigenvalue weighted by molar-refractivity contribution is -0.178. The summed E-state index contributed by atoms with van der Waals surface area (Å²) in [6, 6.07) is 34.2. The molecular weight excluding hydrogens is 835 g/mol. The van der Waals surface area contributed by atoms with Crippen LogP contribution in [0.1, 0.15) is 54.3 Å². The maximum Gasteiger partial charge on any atom is 0.329 e. The number of aliphatic hydroxyl groups is 1. The highest BCUT2D eigenvalue weighted by Crippen LogP contribution is 2.66. The lowest BCUT2D eigenvalue weighted by Crippen LogP contribution is -2.57. The number of carbonyl (C=O) groups excluding carboxylic acids is 5. The van der Waals surface area contributed by atoms with E-state index in [1.165, 1.54) is 18.4 Å². The number of fused-ring (bicyclic) bond motifs is 4. The fourth-order valence-electron chi connectivity index (χ4n) is 9.76. The van der Waals surface area contributed by atoms with Crippen molar-refractivity contribution < 1.29 is 43.3 Å².